The van der Waals surface area contributed by atoms with Crippen molar-refractivity contribution in [2.45, 2.75) is 46.1 Å². The average Bonchev–Trinajstić information content (AvgIpc) is 2.66. The van der Waals surface area contributed by atoms with E-state index in [-0.39, 0.29) is 12.0 Å². The van der Waals surface area contributed by atoms with Crippen LogP contribution in [-0.4, -0.2) is 31.7 Å². The Morgan fingerprint density at radius 1 is 1.07 bits per heavy atom. The van der Waals surface area contributed by atoms with E-state index in [2.05, 4.69) is 26.1 Å². The molecule has 0 saturated heterocycles. The number of carbonyl (C=O) groups excluding carboxylic acids is 2. The fraction of sp³-hybridized carbons (Fsp3) is 0.391. The highest BCUT2D eigenvalue weighted by Gasteiger charge is 2.20. The Morgan fingerprint density at radius 2 is 1.72 bits per heavy atom. The highest BCUT2D eigenvalue weighted by Crippen LogP contribution is 2.26. The number of aryl methyl sites for hydroxylation is 1. The number of hydrogen-bond donors (Lipinski definition) is 1. The Labute approximate surface area is 172 Å². The van der Waals surface area contributed by atoms with Gasteiger partial charge in [0, 0.05) is 0 Å². The van der Waals surface area contributed by atoms with Crippen molar-refractivity contribution in [1.29, 1.82) is 0 Å². The van der Waals surface area contributed by atoms with Gasteiger partial charge in [-0.3, -0.25) is 4.79 Å². The van der Waals surface area contributed by atoms with Crippen LogP contribution in [0.5, 0.6) is 11.5 Å². The second-order valence-electron chi connectivity index (χ2n) is 7.89. The molecule has 0 saturated carbocycles. The van der Waals surface area contributed by atoms with Gasteiger partial charge in [0.2, 0.25) is 0 Å². The number of methoxy groups -OCH3 is 1. The number of anilines is 1. The summed E-state index contributed by atoms with van der Waals surface area (Å²) in [7, 11) is 1.52. The van der Waals surface area contributed by atoms with E-state index in [1.165, 1.54) is 19.6 Å². The summed E-state index contributed by atoms with van der Waals surface area (Å²) in [5, 5.41) is 2.72. The molecule has 0 spiro atoms. The smallest absolute Gasteiger partial charge is 0.344 e. The van der Waals surface area contributed by atoms with Crippen molar-refractivity contribution in [3.05, 3.63) is 53.6 Å². The van der Waals surface area contributed by atoms with Crippen molar-refractivity contribution in [1.82, 2.24) is 0 Å². The molecular formula is C23H29NO5. The lowest BCUT2D eigenvalue weighted by atomic mass is 9.87. The molecular weight excluding hydrogens is 370 g/mol. The molecule has 2 aromatic carbocycles. The second kappa shape index (κ2) is 9.45. The van der Waals surface area contributed by atoms with Gasteiger partial charge in [0.05, 0.1) is 12.8 Å². The van der Waals surface area contributed by atoms with Gasteiger partial charge >= 0.3 is 5.97 Å². The first-order valence-corrected chi connectivity index (χ1v) is 9.48. The molecule has 29 heavy (non-hydrogen) atoms. The minimum absolute atomic E-state index is 0.0419. The molecule has 0 heterocycles. The number of carbonyl (C=O) groups is 2. The highest BCUT2D eigenvalue weighted by atomic mass is 16.6. The standard InChI is InChI=1S/C23H29NO5/c1-15-7-12-20(27-6)19(13-15)24-22(26)16(2)29-21(25)14-28-18-10-8-17(9-11-18)23(3,4)5/h7-13,16H,14H2,1-6H3,(H,24,26). The Balaban J connectivity index is 1.87. The van der Waals surface area contributed by atoms with Gasteiger partial charge < -0.3 is 19.5 Å². The van der Waals surface area contributed by atoms with Crippen LogP contribution in [0.3, 0.4) is 0 Å². The molecule has 1 amide bonds. The van der Waals surface area contributed by atoms with Crippen LogP contribution in [0.15, 0.2) is 42.5 Å². The molecule has 0 aliphatic carbocycles. The third kappa shape index (κ3) is 6.52. The van der Waals surface area contributed by atoms with Crippen LogP contribution in [-0.2, 0) is 19.7 Å². The van der Waals surface area contributed by atoms with Crippen LogP contribution in [0, 0.1) is 6.92 Å². The summed E-state index contributed by atoms with van der Waals surface area (Å²) in [4.78, 5) is 24.4. The lowest BCUT2D eigenvalue weighted by molar-refractivity contribution is -0.155. The van der Waals surface area contributed by atoms with Crippen molar-refractivity contribution < 1.29 is 23.8 Å². The molecule has 6 heteroatoms. The molecule has 6 nitrogen and oxygen atoms in total. The van der Waals surface area contributed by atoms with Crippen LogP contribution in [0.1, 0.15) is 38.8 Å². The van der Waals surface area contributed by atoms with Gasteiger partial charge in [0.25, 0.3) is 5.91 Å². The van der Waals surface area contributed by atoms with E-state index in [9.17, 15) is 9.59 Å². The van der Waals surface area contributed by atoms with E-state index < -0.39 is 18.0 Å². The van der Waals surface area contributed by atoms with Crippen molar-refractivity contribution in [3.63, 3.8) is 0 Å². The van der Waals surface area contributed by atoms with Gasteiger partial charge in [-0.25, -0.2) is 4.79 Å². The maximum Gasteiger partial charge on any atom is 0.344 e. The minimum Gasteiger partial charge on any atom is -0.495 e. The van der Waals surface area contributed by atoms with Crippen LogP contribution >= 0.6 is 0 Å². The first-order valence-electron chi connectivity index (χ1n) is 9.48. The maximum atomic E-state index is 12.3. The summed E-state index contributed by atoms with van der Waals surface area (Å²) < 4.78 is 15.9. The molecule has 1 unspecified atom stereocenters. The zero-order valence-corrected chi connectivity index (χ0v) is 17.9. The number of benzene rings is 2. The maximum absolute atomic E-state index is 12.3. The van der Waals surface area contributed by atoms with Crippen molar-refractivity contribution in [3.8, 4) is 11.5 Å². The third-order valence-corrected chi connectivity index (χ3v) is 4.37. The predicted molar refractivity (Wildman–Crippen MR) is 113 cm³/mol. The summed E-state index contributed by atoms with van der Waals surface area (Å²) in [5.41, 5.74) is 2.71. The van der Waals surface area contributed by atoms with Gasteiger partial charge in [-0.05, 0) is 54.7 Å². The van der Waals surface area contributed by atoms with E-state index in [0.717, 1.165) is 5.56 Å². The van der Waals surface area contributed by atoms with Gasteiger partial charge in [0.1, 0.15) is 11.5 Å². The van der Waals surface area contributed by atoms with Gasteiger partial charge in [-0.1, -0.05) is 39.0 Å². The van der Waals surface area contributed by atoms with E-state index in [4.69, 9.17) is 14.2 Å². The molecule has 1 N–H and O–H groups in total. The summed E-state index contributed by atoms with van der Waals surface area (Å²) >= 11 is 0. The Hall–Kier alpha value is -3.02. The molecule has 2 rings (SSSR count). The van der Waals surface area contributed by atoms with Crippen LogP contribution < -0.4 is 14.8 Å². The Kier molecular flexibility index (Phi) is 7.26. The van der Waals surface area contributed by atoms with Gasteiger partial charge in [0.15, 0.2) is 12.7 Å². The number of amides is 1. The van der Waals surface area contributed by atoms with Crippen LogP contribution in [0.25, 0.3) is 0 Å². The van der Waals surface area contributed by atoms with Crippen molar-refractivity contribution in [2.75, 3.05) is 19.0 Å². The van der Waals surface area contributed by atoms with E-state index in [1.54, 1.807) is 12.1 Å². The van der Waals surface area contributed by atoms with Crippen molar-refractivity contribution >= 4 is 17.6 Å². The number of ether oxygens (including phenoxy) is 3. The molecule has 156 valence electrons. The Morgan fingerprint density at radius 3 is 2.31 bits per heavy atom. The molecule has 0 aromatic heterocycles. The zero-order valence-electron chi connectivity index (χ0n) is 17.9. The van der Waals surface area contributed by atoms with Crippen molar-refractivity contribution in [2.24, 2.45) is 0 Å². The largest absolute Gasteiger partial charge is 0.495 e. The lowest BCUT2D eigenvalue weighted by Crippen LogP contribution is -2.31. The van der Waals surface area contributed by atoms with Gasteiger partial charge in [-0.15, -0.1) is 0 Å². The SMILES string of the molecule is COc1ccc(C)cc1NC(=O)C(C)OC(=O)COc1ccc(C(C)(C)C)cc1. The lowest BCUT2D eigenvalue weighted by Gasteiger charge is -2.19. The normalized spacial score (nSPS) is 12.1. The van der Waals surface area contributed by atoms with E-state index >= 15 is 0 Å². The molecule has 0 fully saturated rings. The number of rotatable bonds is 7. The van der Waals surface area contributed by atoms with Crippen LogP contribution in [0.4, 0.5) is 5.69 Å². The topological polar surface area (TPSA) is 73.9 Å². The number of hydrogen-bond acceptors (Lipinski definition) is 5. The highest BCUT2D eigenvalue weighted by molar-refractivity contribution is 5.96. The first kappa shape index (κ1) is 22.3. The zero-order chi connectivity index (χ0) is 21.6. The number of esters is 1. The summed E-state index contributed by atoms with van der Waals surface area (Å²) in [6.07, 6.45) is -0.973. The summed E-state index contributed by atoms with van der Waals surface area (Å²) in [6.45, 7) is 9.51. The fourth-order valence-electron chi connectivity index (χ4n) is 2.63. The molecule has 0 aliphatic rings. The van der Waals surface area contributed by atoms with Crippen LogP contribution in [0.2, 0.25) is 0 Å². The monoisotopic (exact) mass is 399 g/mol. The molecule has 2 aromatic rings. The van der Waals surface area contributed by atoms with E-state index in [1.807, 2.05) is 37.3 Å². The molecule has 1 atom stereocenters. The fourth-order valence-corrected chi connectivity index (χ4v) is 2.63. The summed E-state index contributed by atoms with van der Waals surface area (Å²) in [5.74, 6) is 0.0293. The number of nitrogens with one attached hydrogen (secondary N) is 1. The summed E-state index contributed by atoms with van der Waals surface area (Å²) in [6, 6.07) is 13.0. The third-order valence-electron chi connectivity index (χ3n) is 4.37. The second-order valence-corrected chi connectivity index (χ2v) is 7.89. The van der Waals surface area contributed by atoms with E-state index in [0.29, 0.717) is 17.2 Å². The molecule has 0 aliphatic heterocycles. The minimum atomic E-state index is -0.973. The predicted octanol–water partition coefficient (Wildman–Crippen LogP) is 4.25. The Bertz CT molecular complexity index is 853. The molecule has 0 radical (unpaired) electrons. The quantitative estimate of drug-likeness (QED) is 0.705. The average molecular weight is 399 g/mol. The first-order chi connectivity index (χ1) is 13.6. The molecule has 0 bridgehead atoms. The van der Waals surface area contributed by atoms with Gasteiger partial charge in [-0.2, -0.15) is 0 Å².